The SMILES string of the molecule is Cc1nc(-c2ccc(S(=O)(=O)Nc3cccc(-c4cn5cccc(C)c5n4)c3)cc2)co1. The third-order valence-corrected chi connectivity index (χ3v) is 6.57. The van der Waals surface area contributed by atoms with E-state index in [1.807, 2.05) is 41.9 Å². The van der Waals surface area contributed by atoms with E-state index in [1.165, 1.54) is 0 Å². The second-order valence-corrected chi connectivity index (χ2v) is 9.19. The molecule has 0 aliphatic rings. The van der Waals surface area contributed by atoms with Gasteiger partial charge < -0.3 is 8.82 Å². The predicted molar refractivity (Wildman–Crippen MR) is 123 cm³/mol. The predicted octanol–water partition coefficient (Wildman–Crippen LogP) is 5.07. The summed E-state index contributed by atoms with van der Waals surface area (Å²) < 4.78 is 35.7. The number of rotatable bonds is 5. The molecule has 0 amide bonds. The Bertz CT molecular complexity index is 1530. The smallest absolute Gasteiger partial charge is 0.261 e. The van der Waals surface area contributed by atoms with Crippen molar-refractivity contribution >= 4 is 21.4 Å². The van der Waals surface area contributed by atoms with Gasteiger partial charge in [-0.2, -0.15) is 0 Å². The molecule has 8 heteroatoms. The van der Waals surface area contributed by atoms with Crippen molar-refractivity contribution in [2.45, 2.75) is 18.7 Å². The van der Waals surface area contributed by atoms with Gasteiger partial charge in [0.15, 0.2) is 5.89 Å². The van der Waals surface area contributed by atoms with Gasteiger partial charge in [-0.05, 0) is 42.8 Å². The quantitative estimate of drug-likeness (QED) is 0.409. The number of imidazole rings is 1. The van der Waals surface area contributed by atoms with Crippen LogP contribution in [0.5, 0.6) is 0 Å². The van der Waals surface area contributed by atoms with Crippen molar-refractivity contribution in [1.29, 1.82) is 0 Å². The fraction of sp³-hybridized carbons (Fsp3) is 0.0833. The van der Waals surface area contributed by atoms with E-state index in [2.05, 4.69) is 9.71 Å². The third-order valence-electron chi connectivity index (χ3n) is 5.17. The second kappa shape index (κ2) is 7.65. The summed E-state index contributed by atoms with van der Waals surface area (Å²) in [6, 6.07) is 17.7. The van der Waals surface area contributed by atoms with E-state index in [1.54, 1.807) is 55.7 Å². The van der Waals surface area contributed by atoms with Crippen molar-refractivity contribution in [2.75, 3.05) is 4.72 Å². The number of aromatic nitrogens is 3. The van der Waals surface area contributed by atoms with Gasteiger partial charge in [-0.15, -0.1) is 0 Å². The lowest BCUT2D eigenvalue weighted by Crippen LogP contribution is -2.12. The standard InChI is InChI=1S/C24H20N4O3S/c1-16-5-4-12-28-14-22(26-24(16)28)19-6-3-7-20(13-19)27-32(29,30)21-10-8-18(9-11-21)23-15-31-17(2)25-23/h3-15,27H,1-2H3. The number of sulfonamides is 1. The van der Waals surface area contributed by atoms with Gasteiger partial charge in [0.05, 0.1) is 10.6 Å². The Morgan fingerprint density at radius 2 is 1.72 bits per heavy atom. The Kier molecular flexibility index (Phi) is 4.79. The van der Waals surface area contributed by atoms with Crippen molar-refractivity contribution in [3.63, 3.8) is 0 Å². The molecule has 0 spiro atoms. The lowest BCUT2D eigenvalue weighted by atomic mass is 10.1. The van der Waals surface area contributed by atoms with E-state index in [-0.39, 0.29) is 4.90 Å². The molecule has 0 saturated heterocycles. The van der Waals surface area contributed by atoms with Gasteiger partial charge in [-0.1, -0.05) is 30.3 Å². The molecule has 5 aromatic rings. The van der Waals surface area contributed by atoms with Crippen LogP contribution in [0.2, 0.25) is 0 Å². The zero-order valence-corrected chi connectivity index (χ0v) is 18.3. The molecule has 0 bridgehead atoms. The molecular weight excluding hydrogens is 424 g/mol. The van der Waals surface area contributed by atoms with Crippen LogP contribution < -0.4 is 4.72 Å². The third kappa shape index (κ3) is 3.76. The topological polar surface area (TPSA) is 89.5 Å². The molecule has 7 nitrogen and oxygen atoms in total. The van der Waals surface area contributed by atoms with Gasteiger partial charge in [0, 0.05) is 36.1 Å². The monoisotopic (exact) mass is 444 g/mol. The first kappa shape index (κ1) is 20.0. The number of nitrogens with one attached hydrogen (secondary N) is 1. The zero-order valence-electron chi connectivity index (χ0n) is 17.5. The van der Waals surface area contributed by atoms with E-state index in [0.717, 1.165) is 28.0 Å². The van der Waals surface area contributed by atoms with Crippen LogP contribution in [0, 0.1) is 13.8 Å². The molecule has 0 aliphatic heterocycles. The molecule has 0 atom stereocenters. The van der Waals surface area contributed by atoms with Gasteiger partial charge in [-0.25, -0.2) is 18.4 Å². The summed E-state index contributed by atoms with van der Waals surface area (Å²) in [6.45, 7) is 3.76. The number of anilines is 1. The van der Waals surface area contributed by atoms with Crippen LogP contribution in [0.25, 0.3) is 28.2 Å². The number of hydrogen-bond acceptors (Lipinski definition) is 5. The highest BCUT2D eigenvalue weighted by Gasteiger charge is 2.16. The van der Waals surface area contributed by atoms with Crippen LogP contribution in [0.4, 0.5) is 5.69 Å². The zero-order chi connectivity index (χ0) is 22.3. The minimum absolute atomic E-state index is 0.162. The van der Waals surface area contributed by atoms with Gasteiger partial charge >= 0.3 is 0 Å². The fourth-order valence-corrected chi connectivity index (χ4v) is 4.60. The molecule has 160 valence electrons. The molecule has 5 rings (SSSR count). The number of benzene rings is 2. The van der Waals surface area contributed by atoms with Gasteiger partial charge in [0.2, 0.25) is 0 Å². The van der Waals surface area contributed by atoms with Crippen molar-refractivity contribution in [3.05, 3.63) is 90.8 Å². The molecule has 32 heavy (non-hydrogen) atoms. The highest BCUT2D eigenvalue weighted by molar-refractivity contribution is 7.92. The largest absolute Gasteiger partial charge is 0.449 e. The number of pyridine rings is 1. The number of nitrogens with zero attached hydrogens (tertiary/aromatic N) is 3. The van der Waals surface area contributed by atoms with Crippen LogP contribution >= 0.6 is 0 Å². The fourth-order valence-electron chi connectivity index (χ4n) is 3.55. The van der Waals surface area contributed by atoms with E-state index in [4.69, 9.17) is 9.40 Å². The Morgan fingerprint density at radius 1 is 0.906 bits per heavy atom. The summed E-state index contributed by atoms with van der Waals surface area (Å²) in [6.07, 6.45) is 5.42. The van der Waals surface area contributed by atoms with Crippen LogP contribution in [0.1, 0.15) is 11.5 Å². The minimum atomic E-state index is -3.76. The summed E-state index contributed by atoms with van der Waals surface area (Å²) in [5.41, 5.74) is 5.44. The van der Waals surface area contributed by atoms with Crippen molar-refractivity contribution < 1.29 is 12.8 Å². The average Bonchev–Trinajstić information content (AvgIpc) is 3.41. The van der Waals surface area contributed by atoms with Crippen LogP contribution in [0.3, 0.4) is 0 Å². The average molecular weight is 445 g/mol. The Morgan fingerprint density at radius 3 is 2.44 bits per heavy atom. The molecule has 3 aromatic heterocycles. The van der Waals surface area contributed by atoms with E-state index in [9.17, 15) is 8.42 Å². The van der Waals surface area contributed by atoms with Crippen molar-refractivity contribution in [2.24, 2.45) is 0 Å². The van der Waals surface area contributed by atoms with E-state index >= 15 is 0 Å². The molecule has 0 saturated carbocycles. The summed E-state index contributed by atoms with van der Waals surface area (Å²) in [5.74, 6) is 0.555. The van der Waals surface area contributed by atoms with E-state index < -0.39 is 10.0 Å². The number of fused-ring (bicyclic) bond motifs is 1. The summed E-state index contributed by atoms with van der Waals surface area (Å²) in [4.78, 5) is 9.11. The van der Waals surface area contributed by atoms with E-state index in [0.29, 0.717) is 17.3 Å². The first-order valence-corrected chi connectivity index (χ1v) is 11.5. The molecule has 0 radical (unpaired) electrons. The maximum absolute atomic E-state index is 12.9. The van der Waals surface area contributed by atoms with Crippen molar-refractivity contribution in [3.8, 4) is 22.5 Å². The summed E-state index contributed by atoms with van der Waals surface area (Å²) >= 11 is 0. The van der Waals surface area contributed by atoms with Gasteiger partial charge in [-0.3, -0.25) is 4.72 Å². The number of hydrogen-bond donors (Lipinski definition) is 1. The number of oxazole rings is 1. The van der Waals surface area contributed by atoms with Crippen LogP contribution in [0.15, 0.2) is 88.6 Å². The summed E-state index contributed by atoms with van der Waals surface area (Å²) in [5, 5.41) is 0. The highest BCUT2D eigenvalue weighted by Crippen LogP contribution is 2.26. The molecule has 0 fully saturated rings. The summed E-state index contributed by atoms with van der Waals surface area (Å²) in [7, 11) is -3.76. The molecule has 3 heterocycles. The van der Waals surface area contributed by atoms with Gasteiger partial charge in [0.1, 0.15) is 17.6 Å². The van der Waals surface area contributed by atoms with Crippen molar-refractivity contribution in [1.82, 2.24) is 14.4 Å². The molecule has 0 aliphatic carbocycles. The molecular formula is C24H20N4O3S. The molecule has 1 N–H and O–H groups in total. The second-order valence-electron chi connectivity index (χ2n) is 7.51. The Labute approximate surface area is 185 Å². The maximum Gasteiger partial charge on any atom is 0.261 e. The Balaban J connectivity index is 1.41. The maximum atomic E-state index is 12.9. The van der Waals surface area contributed by atoms with Crippen LogP contribution in [-0.2, 0) is 10.0 Å². The van der Waals surface area contributed by atoms with Gasteiger partial charge in [0.25, 0.3) is 10.0 Å². The lowest BCUT2D eigenvalue weighted by Gasteiger charge is -2.09. The molecule has 0 unspecified atom stereocenters. The Hall–Kier alpha value is -3.91. The normalized spacial score (nSPS) is 11.7. The minimum Gasteiger partial charge on any atom is -0.449 e. The lowest BCUT2D eigenvalue weighted by molar-refractivity contribution is 0.521. The first-order valence-electron chi connectivity index (χ1n) is 9.99. The number of aryl methyl sites for hydroxylation is 2. The highest BCUT2D eigenvalue weighted by atomic mass is 32.2. The van der Waals surface area contributed by atoms with Crippen LogP contribution in [-0.4, -0.2) is 22.8 Å². The first-order chi connectivity index (χ1) is 15.4. The molecule has 2 aromatic carbocycles.